The molecule has 1 atom stereocenters. The molecule has 0 spiro atoms. The Morgan fingerprint density at radius 2 is 1.94 bits per heavy atom. The van der Waals surface area contributed by atoms with Crippen LogP contribution in [0.4, 0.5) is 5.82 Å². The van der Waals surface area contributed by atoms with Gasteiger partial charge in [0.15, 0.2) is 5.82 Å². The molecule has 4 rings (SSSR count). The predicted molar refractivity (Wildman–Crippen MR) is 121 cm³/mol. The number of carbonyl (C=O) groups excluding carboxylic acids is 2. The van der Waals surface area contributed by atoms with Crippen molar-refractivity contribution in [3.8, 4) is 11.5 Å². The lowest BCUT2D eigenvalue weighted by Crippen LogP contribution is -2.29. The van der Waals surface area contributed by atoms with Gasteiger partial charge in [-0.1, -0.05) is 36.0 Å². The third-order valence-corrected chi connectivity index (χ3v) is 5.24. The highest BCUT2D eigenvalue weighted by Crippen LogP contribution is 2.44. The molecule has 8 nitrogen and oxygen atoms in total. The van der Waals surface area contributed by atoms with Crippen molar-refractivity contribution in [2.75, 3.05) is 18.6 Å². The SMILES string of the molecule is C=CCOc1ccc(/C(O)=C2\C(=O)C(=O)N(c3cc(C)on3)[C@@H]2c2ccccc2OC)cc1. The van der Waals surface area contributed by atoms with Gasteiger partial charge in [0.25, 0.3) is 5.78 Å². The average molecular weight is 446 g/mol. The van der Waals surface area contributed by atoms with Crippen molar-refractivity contribution in [3.05, 3.63) is 89.7 Å². The molecule has 168 valence electrons. The monoisotopic (exact) mass is 446 g/mol. The zero-order chi connectivity index (χ0) is 23.5. The van der Waals surface area contributed by atoms with Gasteiger partial charge in [0, 0.05) is 17.2 Å². The summed E-state index contributed by atoms with van der Waals surface area (Å²) in [7, 11) is 1.49. The maximum Gasteiger partial charge on any atom is 0.301 e. The van der Waals surface area contributed by atoms with Crippen molar-refractivity contribution >= 4 is 23.3 Å². The number of nitrogens with zero attached hydrogens (tertiary/aromatic N) is 2. The lowest BCUT2D eigenvalue weighted by Gasteiger charge is -2.24. The molecular weight excluding hydrogens is 424 g/mol. The van der Waals surface area contributed by atoms with E-state index in [-0.39, 0.29) is 17.2 Å². The third kappa shape index (κ3) is 3.98. The molecule has 1 N–H and O–H groups in total. The number of anilines is 1. The van der Waals surface area contributed by atoms with E-state index in [0.29, 0.717) is 35.0 Å². The van der Waals surface area contributed by atoms with Crippen LogP contribution in [0.5, 0.6) is 11.5 Å². The molecule has 2 aromatic carbocycles. The summed E-state index contributed by atoms with van der Waals surface area (Å²) >= 11 is 0. The maximum atomic E-state index is 13.2. The van der Waals surface area contributed by atoms with E-state index in [1.165, 1.54) is 12.0 Å². The number of methoxy groups -OCH3 is 1. The van der Waals surface area contributed by atoms with Gasteiger partial charge in [-0.2, -0.15) is 0 Å². The van der Waals surface area contributed by atoms with E-state index in [4.69, 9.17) is 14.0 Å². The van der Waals surface area contributed by atoms with E-state index in [2.05, 4.69) is 11.7 Å². The number of benzene rings is 2. The molecular formula is C25H22N2O6. The minimum Gasteiger partial charge on any atom is -0.507 e. The Morgan fingerprint density at radius 3 is 2.58 bits per heavy atom. The number of carbonyl (C=O) groups is 2. The van der Waals surface area contributed by atoms with Crippen LogP contribution in [0.15, 0.2) is 77.3 Å². The molecule has 2 heterocycles. The molecule has 1 aliphatic heterocycles. The molecule has 0 radical (unpaired) electrons. The van der Waals surface area contributed by atoms with E-state index >= 15 is 0 Å². The molecule has 1 aromatic heterocycles. The Hall–Kier alpha value is -4.33. The number of aliphatic hydroxyl groups is 1. The van der Waals surface area contributed by atoms with E-state index in [9.17, 15) is 14.7 Å². The third-order valence-electron chi connectivity index (χ3n) is 5.24. The van der Waals surface area contributed by atoms with Crippen LogP contribution in [0, 0.1) is 6.92 Å². The number of ketones is 1. The van der Waals surface area contributed by atoms with Gasteiger partial charge in [0.1, 0.15) is 35.7 Å². The molecule has 1 saturated heterocycles. The van der Waals surface area contributed by atoms with Crippen LogP contribution in [0.3, 0.4) is 0 Å². The fourth-order valence-corrected chi connectivity index (χ4v) is 3.74. The molecule has 0 bridgehead atoms. The Morgan fingerprint density at radius 1 is 1.21 bits per heavy atom. The minimum atomic E-state index is -0.970. The van der Waals surface area contributed by atoms with Gasteiger partial charge in [-0.3, -0.25) is 14.5 Å². The van der Waals surface area contributed by atoms with Crippen molar-refractivity contribution < 1.29 is 28.7 Å². The quantitative estimate of drug-likeness (QED) is 0.251. The number of rotatable bonds is 7. The van der Waals surface area contributed by atoms with Crippen molar-refractivity contribution in [1.29, 1.82) is 0 Å². The van der Waals surface area contributed by atoms with E-state index in [1.54, 1.807) is 67.6 Å². The lowest BCUT2D eigenvalue weighted by atomic mass is 9.94. The van der Waals surface area contributed by atoms with E-state index < -0.39 is 17.7 Å². The summed E-state index contributed by atoms with van der Waals surface area (Å²) < 4.78 is 16.1. The summed E-state index contributed by atoms with van der Waals surface area (Å²) in [4.78, 5) is 27.5. The van der Waals surface area contributed by atoms with Gasteiger partial charge >= 0.3 is 5.91 Å². The van der Waals surface area contributed by atoms with Crippen molar-refractivity contribution in [3.63, 3.8) is 0 Å². The smallest absolute Gasteiger partial charge is 0.301 e. The van der Waals surface area contributed by atoms with E-state index in [1.807, 2.05) is 0 Å². The molecule has 33 heavy (non-hydrogen) atoms. The number of para-hydroxylation sites is 1. The fourth-order valence-electron chi connectivity index (χ4n) is 3.74. The Kier molecular flexibility index (Phi) is 5.99. The average Bonchev–Trinajstić information content (AvgIpc) is 3.37. The largest absolute Gasteiger partial charge is 0.507 e. The summed E-state index contributed by atoms with van der Waals surface area (Å²) in [6.07, 6.45) is 1.62. The fraction of sp³-hybridized carbons (Fsp3) is 0.160. The molecule has 1 amide bonds. The highest BCUT2D eigenvalue weighted by Gasteiger charge is 2.49. The first-order chi connectivity index (χ1) is 16.0. The molecule has 1 aliphatic rings. The topological polar surface area (TPSA) is 102 Å². The van der Waals surface area contributed by atoms with Gasteiger partial charge in [0.05, 0.1) is 12.7 Å². The summed E-state index contributed by atoms with van der Waals surface area (Å²) in [5.74, 6) is -0.316. The van der Waals surface area contributed by atoms with Crippen LogP contribution in [0.1, 0.15) is 22.9 Å². The number of aromatic nitrogens is 1. The summed E-state index contributed by atoms with van der Waals surface area (Å²) in [6, 6.07) is 14.1. The van der Waals surface area contributed by atoms with Crippen LogP contribution in [-0.4, -0.2) is 35.7 Å². The van der Waals surface area contributed by atoms with Crippen LogP contribution >= 0.6 is 0 Å². The number of hydrogen-bond acceptors (Lipinski definition) is 7. The van der Waals surface area contributed by atoms with Gasteiger partial charge in [-0.15, -0.1) is 0 Å². The van der Waals surface area contributed by atoms with Gasteiger partial charge < -0.3 is 19.1 Å². The molecule has 3 aromatic rings. The normalized spacial score (nSPS) is 17.3. The van der Waals surface area contributed by atoms with E-state index in [0.717, 1.165) is 0 Å². The van der Waals surface area contributed by atoms with Crippen LogP contribution in [0.25, 0.3) is 5.76 Å². The number of Topliss-reactive ketones (excluding diaryl/α,β-unsaturated/α-hetero) is 1. The van der Waals surface area contributed by atoms with Crippen LogP contribution < -0.4 is 14.4 Å². The Labute approximate surface area is 190 Å². The molecule has 8 heteroatoms. The predicted octanol–water partition coefficient (Wildman–Crippen LogP) is 4.18. The number of hydrogen-bond donors (Lipinski definition) is 1. The zero-order valence-electron chi connectivity index (χ0n) is 18.1. The Balaban J connectivity index is 1.88. The molecule has 0 saturated carbocycles. The first-order valence-corrected chi connectivity index (χ1v) is 10.2. The first kappa shape index (κ1) is 21.9. The molecule has 1 fully saturated rings. The molecule has 0 aliphatic carbocycles. The zero-order valence-corrected chi connectivity index (χ0v) is 18.1. The number of ether oxygens (including phenoxy) is 2. The lowest BCUT2D eigenvalue weighted by molar-refractivity contribution is -0.132. The van der Waals surface area contributed by atoms with Crippen molar-refractivity contribution in [2.24, 2.45) is 0 Å². The van der Waals surface area contributed by atoms with Crippen molar-refractivity contribution in [2.45, 2.75) is 13.0 Å². The number of amides is 1. The second-order valence-corrected chi connectivity index (χ2v) is 7.33. The highest BCUT2D eigenvalue weighted by molar-refractivity contribution is 6.51. The second kappa shape index (κ2) is 9.04. The maximum absolute atomic E-state index is 13.2. The van der Waals surface area contributed by atoms with Gasteiger partial charge in [-0.25, -0.2) is 0 Å². The van der Waals surface area contributed by atoms with Crippen molar-refractivity contribution in [1.82, 2.24) is 5.16 Å². The molecule has 0 unspecified atom stereocenters. The second-order valence-electron chi connectivity index (χ2n) is 7.33. The van der Waals surface area contributed by atoms with Gasteiger partial charge in [0.2, 0.25) is 0 Å². The standard InChI is InChI=1S/C25H22N2O6/c1-4-13-32-17-11-9-16(10-12-17)23(28)21-22(18-7-5-6-8-19(18)31-3)27(25(30)24(21)29)20-14-15(2)33-26-20/h4-12,14,22,28H,1,13H2,2-3H3/b23-21+/t22-/m1/s1. The summed E-state index contributed by atoms with van der Waals surface area (Å²) in [6.45, 7) is 5.62. The first-order valence-electron chi connectivity index (χ1n) is 10.2. The summed E-state index contributed by atoms with van der Waals surface area (Å²) in [5.41, 5.74) is 0.799. The van der Waals surface area contributed by atoms with Crippen LogP contribution in [-0.2, 0) is 9.59 Å². The minimum absolute atomic E-state index is 0.0788. The Bertz CT molecular complexity index is 1240. The number of aryl methyl sites for hydroxylation is 1. The number of aliphatic hydroxyl groups excluding tert-OH is 1. The highest BCUT2D eigenvalue weighted by atomic mass is 16.5. The van der Waals surface area contributed by atoms with Crippen LogP contribution in [0.2, 0.25) is 0 Å². The van der Waals surface area contributed by atoms with Gasteiger partial charge in [-0.05, 0) is 37.3 Å². The summed E-state index contributed by atoms with van der Waals surface area (Å²) in [5, 5.41) is 15.1.